The first-order chi connectivity index (χ1) is 10.3. The molecule has 2 aliphatic rings. The SMILES string of the molecule is CC(C)(C)OC(=O)N1CCCC[C@H]1C(=O)N1CCC(=O)CC1. The molecule has 2 fully saturated rings. The highest BCUT2D eigenvalue weighted by Crippen LogP contribution is 2.23. The van der Waals surface area contributed by atoms with E-state index < -0.39 is 17.7 Å². The smallest absolute Gasteiger partial charge is 0.410 e. The number of ketones is 1. The Hall–Kier alpha value is -1.59. The van der Waals surface area contributed by atoms with Gasteiger partial charge in [0.25, 0.3) is 0 Å². The van der Waals surface area contributed by atoms with Crippen LogP contribution in [0.4, 0.5) is 4.79 Å². The van der Waals surface area contributed by atoms with Gasteiger partial charge < -0.3 is 9.64 Å². The molecule has 22 heavy (non-hydrogen) atoms. The molecule has 0 aliphatic carbocycles. The van der Waals surface area contributed by atoms with Crippen molar-refractivity contribution in [1.29, 1.82) is 0 Å². The highest BCUT2D eigenvalue weighted by molar-refractivity contribution is 5.88. The Bertz CT molecular complexity index is 446. The Morgan fingerprint density at radius 1 is 1.09 bits per heavy atom. The molecule has 0 aromatic carbocycles. The van der Waals surface area contributed by atoms with E-state index in [0.29, 0.717) is 38.9 Å². The zero-order valence-corrected chi connectivity index (χ0v) is 13.8. The molecule has 0 aromatic heterocycles. The summed E-state index contributed by atoms with van der Waals surface area (Å²) in [6.45, 7) is 6.95. The third-order valence-electron chi connectivity index (χ3n) is 4.05. The van der Waals surface area contributed by atoms with Crippen molar-refractivity contribution in [2.45, 2.75) is 64.5 Å². The van der Waals surface area contributed by atoms with Crippen molar-refractivity contribution in [3.63, 3.8) is 0 Å². The molecule has 1 atom stereocenters. The summed E-state index contributed by atoms with van der Waals surface area (Å²) in [6.07, 6.45) is 2.92. The minimum Gasteiger partial charge on any atom is -0.444 e. The molecule has 0 aromatic rings. The summed E-state index contributed by atoms with van der Waals surface area (Å²) in [6, 6.07) is -0.447. The molecular weight excluding hydrogens is 284 g/mol. The van der Waals surface area contributed by atoms with Crippen LogP contribution in [-0.2, 0) is 14.3 Å². The summed E-state index contributed by atoms with van der Waals surface area (Å²) in [7, 11) is 0. The van der Waals surface area contributed by atoms with Crippen molar-refractivity contribution >= 4 is 17.8 Å². The van der Waals surface area contributed by atoms with Crippen molar-refractivity contribution in [3.8, 4) is 0 Å². The van der Waals surface area contributed by atoms with Gasteiger partial charge in [-0.15, -0.1) is 0 Å². The highest BCUT2D eigenvalue weighted by atomic mass is 16.6. The fraction of sp³-hybridized carbons (Fsp3) is 0.812. The maximum Gasteiger partial charge on any atom is 0.410 e. The molecule has 6 nitrogen and oxygen atoms in total. The van der Waals surface area contributed by atoms with Crippen LogP contribution in [0.15, 0.2) is 0 Å². The van der Waals surface area contributed by atoms with Crippen LogP contribution >= 0.6 is 0 Å². The maximum atomic E-state index is 12.7. The number of piperidine rings is 2. The first-order valence-corrected chi connectivity index (χ1v) is 8.08. The lowest BCUT2D eigenvalue weighted by Gasteiger charge is -2.39. The van der Waals surface area contributed by atoms with Crippen LogP contribution in [0.1, 0.15) is 52.9 Å². The number of likely N-dealkylation sites (tertiary alicyclic amines) is 2. The molecule has 2 amide bonds. The molecule has 0 spiro atoms. The van der Waals surface area contributed by atoms with Gasteiger partial charge in [0.15, 0.2) is 0 Å². The second kappa shape index (κ2) is 6.67. The largest absolute Gasteiger partial charge is 0.444 e. The minimum atomic E-state index is -0.570. The van der Waals surface area contributed by atoms with E-state index in [1.165, 1.54) is 0 Å². The number of Topliss-reactive ketones (excluding diaryl/α,β-unsaturated/α-hetero) is 1. The highest BCUT2D eigenvalue weighted by Gasteiger charge is 2.37. The van der Waals surface area contributed by atoms with Crippen molar-refractivity contribution in [2.75, 3.05) is 19.6 Å². The third kappa shape index (κ3) is 4.21. The van der Waals surface area contributed by atoms with Crippen LogP contribution < -0.4 is 0 Å². The lowest BCUT2D eigenvalue weighted by Crippen LogP contribution is -2.55. The molecule has 2 saturated heterocycles. The van der Waals surface area contributed by atoms with Gasteiger partial charge in [-0.25, -0.2) is 4.79 Å². The Kier molecular flexibility index (Phi) is 5.08. The number of carbonyl (C=O) groups excluding carboxylic acids is 3. The standard InChI is InChI=1S/C16H26N2O4/c1-16(2,3)22-15(21)18-9-5-4-6-13(18)14(20)17-10-7-12(19)8-11-17/h13H,4-11H2,1-3H3/t13-/m0/s1. The predicted molar refractivity (Wildman–Crippen MR) is 81.4 cm³/mol. The van der Waals surface area contributed by atoms with Crippen molar-refractivity contribution in [1.82, 2.24) is 9.80 Å². The van der Waals surface area contributed by atoms with Crippen LogP contribution in [0.2, 0.25) is 0 Å². The summed E-state index contributed by atoms with van der Waals surface area (Å²) < 4.78 is 5.42. The van der Waals surface area contributed by atoms with Crippen LogP contribution in [0.5, 0.6) is 0 Å². The van der Waals surface area contributed by atoms with E-state index in [-0.39, 0.29) is 11.7 Å². The molecule has 2 rings (SSSR count). The second-order valence-electron chi connectivity index (χ2n) is 7.05. The zero-order valence-electron chi connectivity index (χ0n) is 13.8. The summed E-state index contributed by atoms with van der Waals surface area (Å²) in [5.74, 6) is 0.162. The molecule has 0 radical (unpaired) electrons. The Morgan fingerprint density at radius 2 is 1.73 bits per heavy atom. The van der Waals surface area contributed by atoms with E-state index in [1.54, 1.807) is 9.80 Å². The Morgan fingerprint density at radius 3 is 2.32 bits per heavy atom. The van der Waals surface area contributed by atoms with Gasteiger partial charge in [-0.1, -0.05) is 0 Å². The molecule has 2 heterocycles. The van der Waals surface area contributed by atoms with E-state index in [9.17, 15) is 14.4 Å². The van der Waals surface area contributed by atoms with Crippen LogP contribution in [0.25, 0.3) is 0 Å². The van der Waals surface area contributed by atoms with Gasteiger partial charge in [-0.05, 0) is 40.0 Å². The lowest BCUT2D eigenvalue weighted by atomic mass is 10.00. The average Bonchev–Trinajstić information content (AvgIpc) is 2.45. The van der Waals surface area contributed by atoms with E-state index in [4.69, 9.17) is 4.74 Å². The fourth-order valence-corrected chi connectivity index (χ4v) is 2.91. The summed E-state index contributed by atoms with van der Waals surface area (Å²) >= 11 is 0. The number of nitrogens with zero attached hydrogens (tertiary/aromatic N) is 2. The first-order valence-electron chi connectivity index (χ1n) is 8.08. The summed E-state index contributed by atoms with van der Waals surface area (Å²) in [5.41, 5.74) is -0.570. The van der Waals surface area contributed by atoms with Gasteiger partial charge in [-0.2, -0.15) is 0 Å². The Balaban J connectivity index is 2.04. The molecule has 0 saturated carbocycles. The van der Waals surface area contributed by atoms with Gasteiger partial charge in [-0.3, -0.25) is 14.5 Å². The molecular formula is C16H26N2O4. The van der Waals surface area contributed by atoms with Crippen molar-refractivity contribution < 1.29 is 19.1 Å². The van der Waals surface area contributed by atoms with Crippen LogP contribution in [-0.4, -0.2) is 58.9 Å². The number of rotatable bonds is 1. The quantitative estimate of drug-likeness (QED) is 0.742. The first kappa shape index (κ1) is 16.8. The molecule has 124 valence electrons. The molecule has 6 heteroatoms. The predicted octanol–water partition coefficient (Wildman–Crippen LogP) is 1.97. The average molecular weight is 310 g/mol. The normalized spacial score (nSPS) is 23.4. The Labute approximate surface area is 131 Å². The van der Waals surface area contributed by atoms with Gasteiger partial charge in [0, 0.05) is 32.5 Å². The topological polar surface area (TPSA) is 66.9 Å². The van der Waals surface area contributed by atoms with Gasteiger partial charge in [0.1, 0.15) is 17.4 Å². The summed E-state index contributed by atoms with van der Waals surface area (Å²) in [5, 5.41) is 0. The van der Waals surface area contributed by atoms with E-state index in [0.717, 1.165) is 12.8 Å². The number of amides is 2. The van der Waals surface area contributed by atoms with E-state index >= 15 is 0 Å². The summed E-state index contributed by atoms with van der Waals surface area (Å²) in [4.78, 5) is 39.6. The second-order valence-corrected chi connectivity index (χ2v) is 7.05. The number of hydrogen-bond donors (Lipinski definition) is 0. The van der Waals surface area contributed by atoms with Crippen LogP contribution in [0.3, 0.4) is 0 Å². The maximum absolute atomic E-state index is 12.7. The van der Waals surface area contributed by atoms with Gasteiger partial charge >= 0.3 is 6.09 Å². The van der Waals surface area contributed by atoms with Crippen LogP contribution in [0, 0.1) is 0 Å². The van der Waals surface area contributed by atoms with E-state index in [1.807, 2.05) is 20.8 Å². The molecule has 0 bridgehead atoms. The zero-order chi connectivity index (χ0) is 16.3. The minimum absolute atomic E-state index is 0.0435. The molecule has 2 aliphatic heterocycles. The number of carbonyl (C=O) groups is 3. The van der Waals surface area contributed by atoms with Crippen molar-refractivity contribution in [2.24, 2.45) is 0 Å². The fourth-order valence-electron chi connectivity index (χ4n) is 2.91. The van der Waals surface area contributed by atoms with Crippen molar-refractivity contribution in [3.05, 3.63) is 0 Å². The van der Waals surface area contributed by atoms with Gasteiger partial charge in [0.05, 0.1) is 0 Å². The molecule has 0 unspecified atom stereocenters. The lowest BCUT2D eigenvalue weighted by molar-refractivity contribution is -0.140. The molecule has 0 N–H and O–H groups in total. The number of ether oxygens (including phenoxy) is 1. The monoisotopic (exact) mass is 310 g/mol. The van der Waals surface area contributed by atoms with Gasteiger partial charge in [0.2, 0.25) is 5.91 Å². The number of hydrogen-bond acceptors (Lipinski definition) is 4. The van der Waals surface area contributed by atoms with E-state index in [2.05, 4.69) is 0 Å². The third-order valence-corrected chi connectivity index (χ3v) is 4.05.